The van der Waals surface area contributed by atoms with Gasteiger partial charge in [0.15, 0.2) is 5.16 Å². The van der Waals surface area contributed by atoms with Crippen molar-refractivity contribution in [2.45, 2.75) is 49.7 Å². The highest BCUT2D eigenvalue weighted by Gasteiger charge is 2.24. The Balaban J connectivity index is 1.47. The van der Waals surface area contributed by atoms with Crippen LogP contribution in [0.15, 0.2) is 40.9 Å². The van der Waals surface area contributed by atoms with Gasteiger partial charge in [-0.15, -0.1) is 21.5 Å². The summed E-state index contributed by atoms with van der Waals surface area (Å²) in [5, 5.41) is 14.6. The fraction of sp³-hybridized carbons (Fsp3) is 0.381. The Morgan fingerprint density at radius 1 is 1.27 bits per heavy atom. The Bertz CT molecular complexity index is 1000. The number of halogens is 2. The SMILES string of the molecule is O=C(CSc1nnc(Cc2cccs2)n1C1CCCCC1)Nc1ccc(F)cc1Cl. The van der Waals surface area contributed by atoms with Crippen molar-refractivity contribution in [3.63, 3.8) is 0 Å². The summed E-state index contributed by atoms with van der Waals surface area (Å²) in [6.45, 7) is 0. The van der Waals surface area contributed by atoms with Gasteiger partial charge in [0.25, 0.3) is 0 Å². The van der Waals surface area contributed by atoms with E-state index >= 15 is 0 Å². The molecule has 1 aliphatic rings. The molecule has 0 spiro atoms. The topological polar surface area (TPSA) is 59.8 Å². The molecule has 3 aromatic rings. The van der Waals surface area contributed by atoms with Crippen LogP contribution in [0.1, 0.15) is 48.8 Å². The second kappa shape index (κ2) is 9.94. The van der Waals surface area contributed by atoms with Gasteiger partial charge in [-0.2, -0.15) is 0 Å². The van der Waals surface area contributed by atoms with Crippen LogP contribution in [-0.4, -0.2) is 26.4 Å². The second-order valence-electron chi connectivity index (χ2n) is 7.28. The van der Waals surface area contributed by atoms with Crippen LogP contribution < -0.4 is 5.32 Å². The van der Waals surface area contributed by atoms with E-state index in [2.05, 4.69) is 31.5 Å². The van der Waals surface area contributed by atoms with Gasteiger partial charge in [-0.3, -0.25) is 4.79 Å². The van der Waals surface area contributed by atoms with Crippen molar-refractivity contribution in [2.24, 2.45) is 0 Å². The number of anilines is 1. The molecule has 5 nitrogen and oxygen atoms in total. The average molecular weight is 465 g/mol. The summed E-state index contributed by atoms with van der Waals surface area (Å²) < 4.78 is 15.4. The largest absolute Gasteiger partial charge is 0.324 e. The minimum Gasteiger partial charge on any atom is -0.324 e. The van der Waals surface area contributed by atoms with E-state index in [1.165, 1.54) is 54.1 Å². The van der Waals surface area contributed by atoms with E-state index in [-0.39, 0.29) is 16.7 Å². The number of nitrogens with one attached hydrogen (secondary N) is 1. The zero-order valence-corrected chi connectivity index (χ0v) is 18.7. The number of carbonyl (C=O) groups is 1. The summed E-state index contributed by atoms with van der Waals surface area (Å²) in [6, 6.07) is 8.44. The number of thiophene rings is 1. The molecule has 0 unspecified atom stereocenters. The van der Waals surface area contributed by atoms with Crippen LogP contribution in [0.3, 0.4) is 0 Å². The molecule has 0 radical (unpaired) electrons. The highest BCUT2D eigenvalue weighted by atomic mass is 35.5. The van der Waals surface area contributed by atoms with E-state index in [1.54, 1.807) is 11.3 Å². The summed E-state index contributed by atoms with van der Waals surface area (Å²) >= 11 is 9.09. The highest BCUT2D eigenvalue weighted by Crippen LogP contribution is 2.33. The summed E-state index contributed by atoms with van der Waals surface area (Å²) in [7, 11) is 0. The first-order valence-electron chi connectivity index (χ1n) is 9.94. The van der Waals surface area contributed by atoms with Gasteiger partial charge in [0.05, 0.1) is 16.5 Å². The zero-order chi connectivity index (χ0) is 20.9. The molecule has 4 rings (SSSR count). The first-order valence-corrected chi connectivity index (χ1v) is 12.2. The van der Waals surface area contributed by atoms with Crippen LogP contribution in [0.5, 0.6) is 0 Å². The molecule has 9 heteroatoms. The van der Waals surface area contributed by atoms with Crippen molar-refractivity contribution in [1.82, 2.24) is 14.8 Å². The average Bonchev–Trinajstić information content (AvgIpc) is 3.39. The van der Waals surface area contributed by atoms with Crippen LogP contribution in [0.4, 0.5) is 10.1 Å². The lowest BCUT2D eigenvalue weighted by Crippen LogP contribution is -2.18. The van der Waals surface area contributed by atoms with Crippen LogP contribution in [0, 0.1) is 5.82 Å². The molecule has 1 amide bonds. The second-order valence-corrected chi connectivity index (χ2v) is 9.66. The summed E-state index contributed by atoms with van der Waals surface area (Å²) in [4.78, 5) is 13.7. The zero-order valence-electron chi connectivity index (χ0n) is 16.3. The van der Waals surface area contributed by atoms with Gasteiger partial charge in [-0.25, -0.2) is 4.39 Å². The first kappa shape index (κ1) is 21.3. The lowest BCUT2D eigenvalue weighted by Gasteiger charge is -2.25. The molecule has 30 heavy (non-hydrogen) atoms. The minimum absolute atomic E-state index is 0.178. The molecular formula is C21H22ClFN4OS2. The fourth-order valence-corrected chi connectivity index (χ4v) is 5.45. The van der Waals surface area contributed by atoms with E-state index in [0.29, 0.717) is 11.7 Å². The molecule has 0 atom stereocenters. The number of thioether (sulfide) groups is 1. The Labute approximate surface area is 188 Å². The van der Waals surface area contributed by atoms with Crippen molar-refractivity contribution < 1.29 is 9.18 Å². The molecule has 1 saturated carbocycles. The van der Waals surface area contributed by atoms with Crippen molar-refractivity contribution in [3.05, 3.63) is 57.3 Å². The van der Waals surface area contributed by atoms with Gasteiger partial charge in [-0.05, 0) is 42.5 Å². The number of nitrogens with zero attached hydrogens (tertiary/aromatic N) is 3. The normalized spacial score (nSPS) is 14.7. The van der Waals surface area contributed by atoms with Crippen LogP contribution in [0.25, 0.3) is 0 Å². The predicted molar refractivity (Wildman–Crippen MR) is 120 cm³/mol. The quantitative estimate of drug-likeness (QED) is 0.438. The molecule has 1 fully saturated rings. The standard InChI is InChI=1S/C21H22ClFN4OS2/c22-17-11-14(23)8-9-18(17)24-20(28)13-30-21-26-25-19(12-16-7-4-10-29-16)27(21)15-5-2-1-3-6-15/h4,7-11,15H,1-3,5-6,12-13H2,(H,24,28). The van der Waals surface area contributed by atoms with E-state index in [4.69, 9.17) is 11.6 Å². The summed E-state index contributed by atoms with van der Waals surface area (Å²) in [5.41, 5.74) is 0.399. The maximum Gasteiger partial charge on any atom is 0.234 e. The van der Waals surface area contributed by atoms with Gasteiger partial charge in [-0.1, -0.05) is 48.7 Å². The van der Waals surface area contributed by atoms with Crippen molar-refractivity contribution in [1.29, 1.82) is 0 Å². The molecule has 1 aromatic carbocycles. The Hall–Kier alpha value is -1.90. The minimum atomic E-state index is -0.439. The van der Waals surface area contributed by atoms with E-state index in [0.717, 1.165) is 30.2 Å². The Morgan fingerprint density at radius 3 is 2.83 bits per heavy atom. The highest BCUT2D eigenvalue weighted by molar-refractivity contribution is 7.99. The van der Waals surface area contributed by atoms with Crippen molar-refractivity contribution in [2.75, 3.05) is 11.1 Å². The maximum atomic E-state index is 13.2. The first-order chi connectivity index (χ1) is 14.6. The Morgan fingerprint density at radius 2 is 2.10 bits per heavy atom. The van der Waals surface area contributed by atoms with Crippen LogP contribution in [-0.2, 0) is 11.2 Å². The third-order valence-corrected chi connectivity index (χ3v) is 7.26. The summed E-state index contributed by atoms with van der Waals surface area (Å²) in [5.74, 6) is 0.476. The third-order valence-electron chi connectivity index (χ3n) is 5.13. The third kappa shape index (κ3) is 5.22. The van der Waals surface area contributed by atoms with Crippen molar-refractivity contribution in [3.8, 4) is 0 Å². The van der Waals surface area contributed by atoms with E-state index in [1.807, 2.05) is 6.07 Å². The van der Waals surface area contributed by atoms with Gasteiger partial charge >= 0.3 is 0 Å². The predicted octanol–water partition coefficient (Wildman–Crippen LogP) is 5.96. The van der Waals surface area contributed by atoms with Crippen LogP contribution in [0.2, 0.25) is 5.02 Å². The monoisotopic (exact) mass is 464 g/mol. The molecule has 2 heterocycles. The molecule has 158 valence electrons. The van der Waals surface area contributed by atoms with Crippen LogP contribution >= 0.6 is 34.7 Å². The number of rotatable bonds is 7. The van der Waals surface area contributed by atoms with E-state index in [9.17, 15) is 9.18 Å². The summed E-state index contributed by atoms with van der Waals surface area (Å²) in [6.07, 6.45) is 6.64. The fourth-order valence-electron chi connectivity index (χ4n) is 3.71. The lowest BCUT2D eigenvalue weighted by molar-refractivity contribution is -0.113. The van der Waals surface area contributed by atoms with Gasteiger partial charge in [0.1, 0.15) is 11.6 Å². The van der Waals surface area contributed by atoms with E-state index < -0.39 is 5.82 Å². The lowest BCUT2D eigenvalue weighted by atomic mass is 9.95. The number of hydrogen-bond acceptors (Lipinski definition) is 5. The number of aromatic nitrogens is 3. The molecule has 0 aliphatic heterocycles. The number of benzene rings is 1. The molecule has 0 saturated heterocycles. The number of carbonyl (C=O) groups excluding carboxylic acids is 1. The molecular weight excluding hydrogens is 443 g/mol. The molecule has 0 bridgehead atoms. The number of amides is 1. The van der Waals surface area contributed by atoms with Gasteiger partial charge < -0.3 is 9.88 Å². The Kier molecular flexibility index (Phi) is 7.07. The molecule has 2 aromatic heterocycles. The maximum absolute atomic E-state index is 13.2. The molecule has 1 aliphatic carbocycles. The van der Waals surface area contributed by atoms with Crippen molar-refractivity contribution >= 4 is 46.3 Å². The molecule has 1 N–H and O–H groups in total. The van der Waals surface area contributed by atoms with Gasteiger partial charge in [0.2, 0.25) is 5.91 Å². The van der Waals surface area contributed by atoms with Gasteiger partial charge in [0, 0.05) is 17.3 Å². The number of hydrogen-bond donors (Lipinski definition) is 1. The smallest absolute Gasteiger partial charge is 0.234 e.